The first kappa shape index (κ1) is 15.0. The number of hydrogen-bond donors (Lipinski definition) is 1. The van der Waals surface area contributed by atoms with Crippen LogP contribution in [0.3, 0.4) is 0 Å². The van der Waals surface area contributed by atoms with Crippen molar-refractivity contribution in [3.8, 4) is 0 Å². The van der Waals surface area contributed by atoms with Gasteiger partial charge < -0.3 is 10.1 Å². The average Bonchev–Trinajstić information content (AvgIpc) is 2.78. The molecule has 110 valence electrons. The summed E-state index contributed by atoms with van der Waals surface area (Å²) in [4.78, 5) is 14.3. The van der Waals surface area contributed by atoms with Crippen LogP contribution in [-0.2, 0) is 16.1 Å². The number of benzene rings is 1. The van der Waals surface area contributed by atoms with Crippen LogP contribution in [0.5, 0.6) is 0 Å². The summed E-state index contributed by atoms with van der Waals surface area (Å²) in [6.07, 6.45) is -0.384. The summed E-state index contributed by atoms with van der Waals surface area (Å²) < 4.78 is 5.05. The molecule has 20 heavy (non-hydrogen) atoms. The fourth-order valence-electron chi connectivity index (χ4n) is 2.63. The van der Waals surface area contributed by atoms with E-state index < -0.39 is 0 Å². The van der Waals surface area contributed by atoms with Gasteiger partial charge in [-0.1, -0.05) is 37.3 Å². The van der Waals surface area contributed by atoms with Gasteiger partial charge in [-0.15, -0.1) is 0 Å². The summed E-state index contributed by atoms with van der Waals surface area (Å²) in [5.41, 5.74) is 1.32. The zero-order valence-corrected chi connectivity index (χ0v) is 12.5. The highest BCUT2D eigenvalue weighted by Gasteiger charge is 2.31. The molecule has 0 bridgehead atoms. The molecular weight excluding hydrogens is 252 g/mol. The molecular formula is C16H24N2O2. The maximum atomic E-state index is 11.9. The molecule has 1 fully saturated rings. The van der Waals surface area contributed by atoms with Crippen LogP contribution in [0.25, 0.3) is 0 Å². The number of amides is 1. The van der Waals surface area contributed by atoms with Crippen LogP contribution >= 0.6 is 0 Å². The lowest BCUT2D eigenvalue weighted by molar-refractivity contribution is -0.130. The summed E-state index contributed by atoms with van der Waals surface area (Å²) in [5, 5.41) is 3.09. The molecule has 0 radical (unpaired) electrons. The Bertz CT molecular complexity index is 435. The lowest BCUT2D eigenvalue weighted by atomic mass is 10.1. The number of hydrogen-bond acceptors (Lipinski definition) is 3. The molecule has 1 aliphatic heterocycles. The number of nitrogens with zero attached hydrogens (tertiary/aromatic N) is 1. The van der Waals surface area contributed by atoms with E-state index in [0.29, 0.717) is 5.92 Å². The molecule has 0 spiro atoms. The van der Waals surface area contributed by atoms with E-state index in [1.165, 1.54) is 5.56 Å². The average molecular weight is 276 g/mol. The van der Waals surface area contributed by atoms with Crippen molar-refractivity contribution in [2.45, 2.75) is 32.5 Å². The van der Waals surface area contributed by atoms with Gasteiger partial charge in [-0.3, -0.25) is 9.69 Å². The van der Waals surface area contributed by atoms with Gasteiger partial charge in [0.15, 0.2) is 0 Å². The van der Waals surface area contributed by atoms with Gasteiger partial charge in [0.2, 0.25) is 5.91 Å². The van der Waals surface area contributed by atoms with Crippen LogP contribution in [-0.4, -0.2) is 43.2 Å². The van der Waals surface area contributed by atoms with Crippen LogP contribution in [0.4, 0.5) is 0 Å². The predicted molar refractivity (Wildman–Crippen MR) is 79.3 cm³/mol. The molecule has 4 heteroatoms. The molecule has 1 saturated heterocycles. The lowest BCUT2D eigenvalue weighted by Crippen LogP contribution is -2.44. The summed E-state index contributed by atoms with van der Waals surface area (Å²) in [6.45, 7) is 6.82. The van der Waals surface area contributed by atoms with Crippen LogP contribution < -0.4 is 5.32 Å². The number of ether oxygens (including phenoxy) is 1. The van der Waals surface area contributed by atoms with Crippen molar-refractivity contribution < 1.29 is 9.53 Å². The Balaban J connectivity index is 1.87. The van der Waals surface area contributed by atoms with Gasteiger partial charge in [-0.05, 0) is 18.4 Å². The number of nitrogens with one attached hydrogen (secondary N) is 1. The van der Waals surface area contributed by atoms with Crippen LogP contribution in [0.2, 0.25) is 0 Å². The summed E-state index contributed by atoms with van der Waals surface area (Å²) in [7, 11) is 1.56. The zero-order chi connectivity index (χ0) is 14.5. The highest BCUT2D eigenvalue weighted by molar-refractivity contribution is 5.80. The Kier molecular flexibility index (Phi) is 5.15. The van der Waals surface area contributed by atoms with E-state index in [0.717, 1.165) is 19.6 Å². The van der Waals surface area contributed by atoms with E-state index in [-0.39, 0.29) is 18.1 Å². The second-order valence-corrected chi connectivity index (χ2v) is 5.65. The first-order valence-corrected chi connectivity index (χ1v) is 7.19. The molecule has 2 rings (SSSR count). The third-order valence-electron chi connectivity index (χ3n) is 3.99. The monoisotopic (exact) mass is 276 g/mol. The van der Waals surface area contributed by atoms with Crippen LogP contribution in [0.1, 0.15) is 19.4 Å². The number of carbonyl (C=O) groups is 1. The van der Waals surface area contributed by atoms with E-state index in [2.05, 4.69) is 41.4 Å². The molecule has 0 saturated carbocycles. The van der Waals surface area contributed by atoms with E-state index in [9.17, 15) is 4.79 Å². The van der Waals surface area contributed by atoms with E-state index >= 15 is 0 Å². The molecule has 1 aliphatic rings. The smallest absolute Gasteiger partial charge is 0.249 e. The number of likely N-dealkylation sites (tertiary alicyclic amines) is 1. The molecule has 1 aromatic carbocycles. The second-order valence-electron chi connectivity index (χ2n) is 5.65. The van der Waals surface area contributed by atoms with Crippen molar-refractivity contribution >= 4 is 5.91 Å². The van der Waals surface area contributed by atoms with Gasteiger partial charge in [0.1, 0.15) is 6.10 Å². The lowest BCUT2D eigenvalue weighted by Gasteiger charge is -2.19. The van der Waals surface area contributed by atoms with Gasteiger partial charge >= 0.3 is 0 Å². The van der Waals surface area contributed by atoms with Crippen molar-refractivity contribution in [2.24, 2.45) is 5.92 Å². The summed E-state index contributed by atoms with van der Waals surface area (Å²) >= 11 is 0. The van der Waals surface area contributed by atoms with Gasteiger partial charge in [0.05, 0.1) is 0 Å². The van der Waals surface area contributed by atoms with Crippen LogP contribution in [0.15, 0.2) is 30.3 Å². The number of methoxy groups -OCH3 is 1. The van der Waals surface area contributed by atoms with Crippen molar-refractivity contribution in [3.63, 3.8) is 0 Å². The van der Waals surface area contributed by atoms with Gasteiger partial charge in [0, 0.05) is 32.8 Å². The Morgan fingerprint density at radius 2 is 2.10 bits per heavy atom. The minimum absolute atomic E-state index is 0.0223. The Hall–Kier alpha value is -1.39. The molecule has 1 amide bonds. The first-order chi connectivity index (χ1) is 9.60. The van der Waals surface area contributed by atoms with E-state index in [1.54, 1.807) is 14.0 Å². The largest absolute Gasteiger partial charge is 0.372 e. The fraction of sp³-hybridized carbons (Fsp3) is 0.562. The first-order valence-electron chi connectivity index (χ1n) is 7.19. The zero-order valence-electron chi connectivity index (χ0n) is 12.5. The predicted octanol–water partition coefficient (Wildman–Crippen LogP) is 1.66. The van der Waals surface area contributed by atoms with Crippen molar-refractivity contribution in [2.75, 3.05) is 20.2 Å². The van der Waals surface area contributed by atoms with Crippen LogP contribution in [0, 0.1) is 5.92 Å². The molecule has 4 nitrogen and oxygen atoms in total. The van der Waals surface area contributed by atoms with E-state index in [4.69, 9.17) is 4.74 Å². The Morgan fingerprint density at radius 3 is 2.75 bits per heavy atom. The third kappa shape index (κ3) is 3.81. The molecule has 3 atom stereocenters. The summed E-state index contributed by atoms with van der Waals surface area (Å²) in [5.74, 6) is 0.442. The SMILES string of the molecule is CO[C@H](C)C(=O)N[C@H]1CN(Cc2ccccc2)C[C@H]1C. The highest BCUT2D eigenvalue weighted by Crippen LogP contribution is 2.19. The van der Waals surface area contributed by atoms with Gasteiger partial charge in [-0.2, -0.15) is 0 Å². The molecule has 1 heterocycles. The fourth-order valence-corrected chi connectivity index (χ4v) is 2.63. The Labute approximate surface area is 121 Å². The normalized spacial score (nSPS) is 24.6. The second kappa shape index (κ2) is 6.86. The molecule has 1 aromatic rings. The molecule has 1 N–H and O–H groups in total. The maximum absolute atomic E-state index is 11.9. The van der Waals surface area contributed by atoms with Crippen molar-refractivity contribution in [1.29, 1.82) is 0 Å². The summed E-state index contributed by atoms with van der Waals surface area (Å²) in [6, 6.07) is 10.7. The highest BCUT2D eigenvalue weighted by atomic mass is 16.5. The molecule has 0 aromatic heterocycles. The quantitative estimate of drug-likeness (QED) is 0.889. The topological polar surface area (TPSA) is 41.6 Å². The van der Waals surface area contributed by atoms with Crippen molar-refractivity contribution in [3.05, 3.63) is 35.9 Å². The third-order valence-corrected chi connectivity index (χ3v) is 3.99. The van der Waals surface area contributed by atoms with Gasteiger partial charge in [-0.25, -0.2) is 0 Å². The number of rotatable bonds is 5. The maximum Gasteiger partial charge on any atom is 0.249 e. The minimum atomic E-state index is -0.384. The molecule has 0 unspecified atom stereocenters. The molecule has 0 aliphatic carbocycles. The van der Waals surface area contributed by atoms with E-state index in [1.807, 2.05) is 6.07 Å². The Morgan fingerprint density at radius 1 is 1.40 bits per heavy atom. The standard InChI is InChI=1S/C16H24N2O2/c1-12-9-18(10-14-7-5-4-6-8-14)11-15(12)17-16(19)13(2)20-3/h4-8,12-13,15H,9-11H2,1-3H3,(H,17,19)/t12-,13-,15+/m1/s1. The van der Waals surface area contributed by atoms with Gasteiger partial charge in [0.25, 0.3) is 0 Å². The minimum Gasteiger partial charge on any atom is -0.372 e. The van der Waals surface area contributed by atoms with Crippen molar-refractivity contribution in [1.82, 2.24) is 10.2 Å². The number of carbonyl (C=O) groups excluding carboxylic acids is 1.